The summed E-state index contributed by atoms with van der Waals surface area (Å²) >= 11 is 6.01. The molecule has 0 aliphatic heterocycles. The molecule has 0 saturated heterocycles. The van der Waals surface area contributed by atoms with Crippen LogP contribution in [0.3, 0.4) is 0 Å². The second-order valence-electron chi connectivity index (χ2n) is 3.32. The largest absolute Gasteiger partial charge is 0.463 e. The Morgan fingerprint density at radius 2 is 2.25 bits per heavy atom. The van der Waals surface area contributed by atoms with E-state index in [1.807, 2.05) is 0 Å². The number of rotatable bonds is 3. The number of esters is 1. The molecule has 0 aromatic heterocycles. The highest BCUT2D eigenvalue weighted by atomic mass is 35.5. The summed E-state index contributed by atoms with van der Waals surface area (Å²) in [5, 5.41) is 0.526. The van der Waals surface area contributed by atoms with Crippen LogP contribution in [0.15, 0.2) is 24.3 Å². The molecule has 0 unspecified atom stereocenters. The van der Waals surface area contributed by atoms with Crippen molar-refractivity contribution in [1.29, 1.82) is 0 Å². The van der Waals surface area contributed by atoms with Crippen molar-refractivity contribution >= 4 is 28.8 Å². The molecule has 0 bridgehead atoms. The number of hydrogen-bond acceptors (Lipinski definition) is 3. The van der Waals surface area contributed by atoms with Gasteiger partial charge < -0.3 is 10.5 Å². The molecule has 0 spiro atoms. The van der Waals surface area contributed by atoms with E-state index in [4.69, 9.17) is 22.1 Å². The quantitative estimate of drug-likeness (QED) is 0.501. The molecule has 0 atom stereocenters. The molecule has 3 nitrogen and oxygen atoms in total. The van der Waals surface area contributed by atoms with Crippen LogP contribution in [-0.4, -0.2) is 12.6 Å². The summed E-state index contributed by atoms with van der Waals surface area (Å²) < 4.78 is 4.81. The van der Waals surface area contributed by atoms with E-state index < -0.39 is 0 Å². The lowest BCUT2D eigenvalue weighted by Crippen LogP contribution is -2.00. The van der Waals surface area contributed by atoms with Crippen LogP contribution in [0, 0.1) is 0 Å². The zero-order chi connectivity index (χ0) is 12.1. The van der Waals surface area contributed by atoms with Crippen molar-refractivity contribution in [3.8, 4) is 0 Å². The van der Waals surface area contributed by atoms with Crippen molar-refractivity contribution in [2.75, 3.05) is 12.3 Å². The van der Waals surface area contributed by atoms with Crippen molar-refractivity contribution in [3.05, 3.63) is 34.9 Å². The van der Waals surface area contributed by atoms with Gasteiger partial charge >= 0.3 is 5.97 Å². The number of benzene rings is 1. The second-order valence-corrected chi connectivity index (χ2v) is 3.73. The van der Waals surface area contributed by atoms with Gasteiger partial charge in [0.25, 0.3) is 0 Å². The fourth-order valence-electron chi connectivity index (χ4n) is 1.29. The van der Waals surface area contributed by atoms with Crippen LogP contribution >= 0.6 is 11.6 Å². The second kappa shape index (κ2) is 5.56. The van der Waals surface area contributed by atoms with Gasteiger partial charge in [-0.2, -0.15) is 0 Å². The van der Waals surface area contributed by atoms with Gasteiger partial charge in [0.1, 0.15) is 0 Å². The first-order valence-corrected chi connectivity index (χ1v) is 5.33. The number of nitrogens with two attached hydrogens (primary N) is 1. The molecule has 2 N–H and O–H groups in total. The highest BCUT2D eigenvalue weighted by molar-refractivity contribution is 6.32. The predicted octanol–water partition coefficient (Wildman–Crippen LogP) is 2.89. The van der Waals surface area contributed by atoms with Crippen LogP contribution in [0.5, 0.6) is 0 Å². The Morgan fingerprint density at radius 1 is 1.56 bits per heavy atom. The Hall–Kier alpha value is -1.48. The van der Waals surface area contributed by atoms with Crippen LogP contribution in [0.1, 0.15) is 19.4 Å². The Bertz CT molecular complexity index is 427. The van der Waals surface area contributed by atoms with E-state index in [9.17, 15) is 4.79 Å². The summed E-state index contributed by atoms with van der Waals surface area (Å²) in [4.78, 5) is 11.2. The smallest absolute Gasteiger partial charge is 0.331 e. The molecule has 0 heterocycles. The lowest BCUT2D eigenvalue weighted by atomic mass is 10.1. The minimum absolute atomic E-state index is 0.359. The number of nitrogen functional groups attached to an aromatic ring is 1. The zero-order valence-electron chi connectivity index (χ0n) is 9.29. The standard InChI is InChI=1S/C12H14ClNO2/c1-3-16-12(15)6-8(2)10-5-4-9(14)7-11(10)13/h4-7H,3,14H2,1-2H3. The predicted molar refractivity (Wildman–Crippen MR) is 66.1 cm³/mol. The third-order valence-electron chi connectivity index (χ3n) is 2.04. The lowest BCUT2D eigenvalue weighted by molar-refractivity contribution is -0.137. The molecule has 4 heteroatoms. The Balaban J connectivity index is 2.96. The number of anilines is 1. The average Bonchev–Trinajstić information content (AvgIpc) is 2.17. The molecule has 86 valence electrons. The van der Waals surface area contributed by atoms with Crippen LogP contribution in [0.4, 0.5) is 5.69 Å². The molecule has 0 saturated carbocycles. The number of carbonyl (C=O) groups excluding carboxylic acids is 1. The Kier molecular flexibility index (Phi) is 4.38. The van der Waals surface area contributed by atoms with E-state index in [2.05, 4.69) is 0 Å². The van der Waals surface area contributed by atoms with E-state index in [1.165, 1.54) is 6.08 Å². The topological polar surface area (TPSA) is 52.3 Å². The van der Waals surface area contributed by atoms with Gasteiger partial charge in [-0.1, -0.05) is 17.7 Å². The Labute approximate surface area is 99.8 Å². The molecule has 1 rings (SSSR count). The maximum Gasteiger partial charge on any atom is 0.331 e. The summed E-state index contributed by atoms with van der Waals surface area (Å²) in [6.07, 6.45) is 1.42. The summed E-state index contributed by atoms with van der Waals surface area (Å²) in [6.45, 7) is 3.92. The fraction of sp³-hybridized carbons (Fsp3) is 0.250. The Morgan fingerprint density at radius 3 is 2.81 bits per heavy atom. The van der Waals surface area contributed by atoms with Crippen molar-refractivity contribution in [1.82, 2.24) is 0 Å². The summed E-state index contributed by atoms with van der Waals surface area (Å²) in [7, 11) is 0. The van der Waals surface area contributed by atoms with Gasteiger partial charge in [-0.15, -0.1) is 0 Å². The van der Waals surface area contributed by atoms with Gasteiger partial charge in [-0.25, -0.2) is 4.79 Å². The first-order valence-electron chi connectivity index (χ1n) is 4.95. The third kappa shape index (κ3) is 3.28. The van der Waals surface area contributed by atoms with Crippen molar-refractivity contribution in [2.45, 2.75) is 13.8 Å². The van der Waals surface area contributed by atoms with E-state index in [1.54, 1.807) is 32.0 Å². The van der Waals surface area contributed by atoms with Gasteiger partial charge in [0, 0.05) is 11.8 Å². The van der Waals surface area contributed by atoms with E-state index in [0.29, 0.717) is 17.3 Å². The van der Waals surface area contributed by atoms with E-state index in [-0.39, 0.29) is 5.97 Å². The van der Waals surface area contributed by atoms with E-state index >= 15 is 0 Å². The number of hydrogen-bond donors (Lipinski definition) is 1. The number of halogens is 1. The van der Waals surface area contributed by atoms with Crippen molar-refractivity contribution < 1.29 is 9.53 Å². The first kappa shape index (κ1) is 12.6. The van der Waals surface area contributed by atoms with Gasteiger partial charge in [0.2, 0.25) is 0 Å². The maximum absolute atomic E-state index is 11.2. The number of ether oxygens (including phenoxy) is 1. The van der Waals surface area contributed by atoms with Gasteiger partial charge in [-0.05, 0) is 37.1 Å². The monoisotopic (exact) mass is 239 g/mol. The van der Waals surface area contributed by atoms with Crippen molar-refractivity contribution in [3.63, 3.8) is 0 Å². The van der Waals surface area contributed by atoms with Crippen LogP contribution in [0.2, 0.25) is 5.02 Å². The molecular formula is C12H14ClNO2. The minimum Gasteiger partial charge on any atom is -0.463 e. The first-order chi connectivity index (χ1) is 7.54. The SMILES string of the molecule is CCOC(=O)C=C(C)c1ccc(N)cc1Cl. The molecule has 0 fully saturated rings. The molecule has 0 aliphatic rings. The molecule has 1 aromatic carbocycles. The van der Waals surface area contributed by atoms with Gasteiger partial charge in [0.15, 0.2) is 0 Å². The molecular weight excluding hydrogens is 226 g/mol. The summed E-state index contributed by atoms with van der Waals surface area (Å²) in [5.41, 5.74) is 7.71. The highest BCUT2D eigenvalue weighted by Crippen LogP contribution is 2.25. The van der Waals surface area contributed by atoms with Crippen LogP contribution in [-0.2, 0) is 9.53 Å². The maximum atomic E-state index is 11.2. The van der Waals surface area contributed by atoms with Crippen molar-refractivity contribution in [2.24, 2.45) is 0 Å². The third-order valence-corrected chi connectivity index (χ3v) is 2.35. The fourth-order valence-corrected chi connectivity index (χ4v) is 1.63. The molecule has 0 radical (unpaired) electrons. The normalized spacial score (nSPS) is 11.3. The molecule has 1 aromatic rings. The van der Waals surface area contributed by atoms with Gasteiger partial charge in [-0.3, -0.25) is 0 Å². The van der Waals surface area contributed by atoms with Gasteiger partial charge in [0.05, 0.1) is 11.6 Å². The van der Waals surface area contributed by atoms with Crippen LogP contribution in [0.25, 0.3) is 5.57 Å². The molecule has 0 amide bonds. The van der Waals surface area contributed by atoms with Crippen LogP contribution < -0.4 is 5.73 Å². The number of allylic oxidation sites excluding steroid dienone is 1. The minimum atomic E-state index is -0.368. The molecule has 16 heavy (non-hydrogen) atoms. The summed E-state index contributed by atoms with van der Waals surface area (Å²) in [5.74, 6) is -0.368. The summed E-state index contributed by atoms with van der Waals surface area (Å²) in [6, 6.07) is 5.17. The number of carbonyl (C=O) groups is 1. The average molecular weight is 240 g/mol. The lowest BCUT2D eigenvalue weighted by Gasteiger charge is -2.05. The highest BCUT2D eigenvalue weighted by Gasteiger charge is 2.05. The van der Waals surface area contributed by atoms with E-state index in [0.717, 1.165) is 11.1 Å². The molecule has 0 aliphatic carbocycles. The zero-order valence-corrected chi connectivity index (χ0v) is 10.0.